The van der Waals surface area contributed by atoms with Gasteiger partial charge in [-0.2, -0.15) is 0 Å². The van der Waals surface area contributed by atoms with Gasteiger partial charge in [0.1, 0.15) is 0 Å². The van der Waals surface area contributed by atoms with E-state index >= 15 is 0 Å². The standard InChI is InChI=1S/C8H12O4S/c1-3-11-7(9)5-6(13)8(10)12-4-2/h5,13H,3-4H2,1-2H3/b6-5+. The van der Waals surface area contributed by atoms with E-state index in [4.69, 9.17) is 0 Å². The number of thiol groups is 1. The Hall–Kier alpha value is -0.970. The maximum absolute atomic E-state index is 10.9. The van der Waals surface area contributed by atoms with Crippen molar-refractivity contribution in [1.82, 2.24) is 0 Å². The summed E-state index contributed by atoms with van der Waals surface area (Å²) in [5.74, 6) is -1.22. The van der Waals surface area contributed by atoms with E-state index in [9.17, 15) is 9.59 Å². The Morgan fingerprint density at radius 2 is 1.77 bits per heavy atom. The first-order valence-electron chi connectivity index (χ1n) is 3.86. The van der Waals surface area contributed by atoms with Crippen LogP contribution in [0.5, 0.6) is 0 Å². The molecular weight excluding hydrogens is 192 g/mol. The van der Waals surface area contributed by atoms with Gasteiger partial charge in [-0.1, -0.05) is 0 Å². The number of carbonyl (C=O) groups excluding carboxylic acids is 2. The van der Waals surface area contributed by atoms with Gasteiger partial charge in [0.25, 0.3) is 0 Å². The van der Waals surface area contributed by atoms with Crippen molar-refractivity contribution in [2.24, 2.45) is 0 Å². The molecule has 0 saturated carbocycles. The monoisotopic (exact) mass is 204 g/mol. The van der Waals surface area contributed by atoms with Crippen LogP contribution < -0.4 is 0 Å². The molecule has 0 heterocycles. The molecule has 0 aliphatic heterocycles. The van der Waals surface area contributed by atoms with Gasteiger partial charge < -0.3 is 9.47 Å². The Balaban J connectivity index is 4.14. The van der Waals surface area contributed by atoms with Crippen LogP contribution in [0.4, 0.5) is 0 Å². The Morgan fingerprint density at radius 3 is 2.23 bits per heavy atom. The minimum Gasteiger partial charge on any atom is -0.463 e. The maximum Gasteiger partial charge on any atom is 0.344 e. The number of rotatable bonds is 4. The third-order valence-electron chi connectivity index (χ3n) is 1.03. The van der Waals surface area contributed by atoms with Gasteiger partial charge in [0.2, 0.25) is 0 Å². The highest BCUT2D eigenvalue weighted by molar-refractivity contribution is 7.85. The Morgan fingerprint density at radius 1 is 1.23 bits per heavy atom. The van der Waals surface area contributed by atoms with Gasteiger partial charge in [0, 0.05) is 6.08 Å². The van der Waals surface area contributed by atoms with Gasteiger partial charge >= 0.3 is 11.9 Å². The van der Waals surface area contributed by atoms with Crippen LogP contribution in [0.15, 0.2) is 11.0 Å². The smallest absolute Gasteiger partial charge is 0.344 e. The Kier molecular flexibility index (Phi) is 6.05. The largest absolute Gasteiger partial charge is 0.463 e. The summed E-state index contributed by atoms with van der Waals surface area (Å²) < 4.78 is 9.16. The lowest BCUT2D eigenvalue weighted by molar-refractivity contribution is -0.140. The van der Waals surface area contributed by atoms with Crippen molar-refractivity contribution in [3.8, 4) is 0 Å². The quantitative estimate of drug-likeness (QED) is 0.420. The molecule has 0 spiro atoms. The molecule has 0 N–H and O–H groups in total. The fraction of sp³-hybridized carbons (Fsp3) is 0.500. The number of carbonyl (C=O) groups is 2. The van der Waals surface area contributed by atoms with Crippen LogP contribution >= 0.6 is 12.6 Å². The maximum atomic E-state index is 10.9. The van der Waals surface area contributed by atoms with Gasteiger partial charge in [0.05, 0.1) is 18.1 Å². The number of hydrogen-bond donors (Lipinski definition) is 1. The van der Waals surface area contributed by atoms with Gasteiger partial charge in [-0.15, -0.1) is 12.6 Å². The van der Waals surface area contributed by atoms with Crippen LogP contribution in [0.25, 0.3) is 0 Å². The van der Waals surface area contributed by atoms with Crippen LogP contribution in [0.3, 0.4) is 0 Å². The third-order valence-corrected chi connectivity index (χ3v) is 1.34. The molecule has 5 heteroatoms. The van der Waals surface area contributed by atoms with Crippen LogP contribution in [0, 0.1) is 0 Å². The lowest BCUT2D eigenvalue weighted by atomic mass is 10.5. The zero-order chi connectivity index (χ0) is 10.3. The van der Waals surface area contributed by atoms with Crippen molar-refractivity contribution < 1.29 is 19.1 Å². The summed E-state index contributed by atoms with van der Waals surface area (Å²) in [6, 6.07) is 0. The van der Waals surface area contributed by atoms with Gasteiger partial charge in [-0.3, -0.25) is 0 Å². The molecule has 13 heavy (non-hydrogen) atoms. The molecule has 0 unspecified atom stereocenters. The summed E-state index contributed by atoms with van der Waals surface area (Å²) in [6.07, 6.45) is 0.991. The molecule has 0 atom stereocenters. The SMILES string of the molecule is CCOC(=O)/C=C(/S)C(=O)OCC. The zero-order valence-corrected chi connectivity index (χ0v) is 8.47. The fourth-order valence-electron chi connectivity index (χ4n) is 0.560. The molecule has 0 aliphatic carbocycles. The first kappa shape index (κ1) is 12.0. The lowest BCUT2D eigenvalue weighted by Crippen LogP contribution is -2.07. The highest BCUT2D eigenvalue weighted by Crippen LogP contribution is 2.03. The van der Waals surface area contributed by atoms with E-state index in [1.807, 2.05) is 0 Å². The van der Waals surface area contributed by atoms with E-state index < -0.39 is 11.9 Å². The van der Waals surface area contributed by atoms with Crippen molar-refractivity contribution in [2.75, 3.05) is 13.2 Å². The van der Waals surface area contributed by atoms with E-state index in [-0.39, 0.29) is 18.1 Å². The average Bonchev–Trinajstić information content (AvgIpc) is 2.05. The first-order valence-corrected chi connectivity index (χ1v) is 4.31. The first-order chi connectivity index (χ1) is 6.11. The summed E-state index contributed by atoms with van der Waals surface area (Å²) in [7, 11) is 0. The summed E-state index contributed by atoms with van der Waals surface area (Å²) in [4.78, 5) is 21.7. The van der Waals surface area contributed by atoms with Crippen molar-refractivity contribution in [1.29, 1.82) is 0 Å². The van der Waals surface area contributed by atoms with Crippen LogP contribution in [-0.4, -0.2) is 25.2 Å². The van der Waals surface area contributed by atoms with Crippen molar-refractivity contribution in [2.45, 2.75) is 13.8 Å². The topological polar surface area (TPSA) is 52.6 Å². The summed E-state index contributed by atoms with van der Waals surface area (Å²) in [5, 5.41) is 0. The molecule has 0 bridgehead atoms. The molecule has 0 aromatic carbocycles. The van der Waals surface area contributed by atoms with Crippen molar-refractivity contribution >= 4 is 24.6 Å². The molecule has 0 saturated heterocycles. The summed E-state index contributed by atoms with van der Waals surface area (Å²) >= 11 is 3.78. The minimum absolute atomic E-state index is 0.0553. The van der Waals surface area contributed by atoms with Crippen LogP contribution in [0.2, 0.25) is 0 Å². The highest BCUT2D eigenvalue weighted by Gasteiger charge is 2.08. The van der Waals surface area contributed by atoms with Crippen LogP contribution in [-0.2, 0) is 19.1 Å². The molecule has 0 fully saturated rings. The fourth-order valence-corrected chi connectivity index (χ4v) is 0.729. The van der Waals surface area contributed by atoms with E-state index in [0.717, 1.165) is 6.08 Å². The Bertz CT molecular complexity index is 222. The number of esters is 2. The second-order valence-electron chi connectivity index (χ2n) is 2.00. The number of ether oxygens (including phenoxy) is 2. The molecule has 4 nitrogen and oxygen atoms in total. The normalized spacial score (nSPS) is 10.8. The van der Waals surface area contributed by atoms with E-state index in [1.54, 1.807) is 13.8 Å². The van der Waals surface area contributed by atoms with Crippen molar-refractivity contribution in [3.05, 3.63) is 11.0 Å². The molecule has 0 aromatic rings. The zero-order valence-electron chi connectivity index (χ0n) is 7.57. The van der Waals surface area contributed by atoms with Gasteiger partial charge in [-0.05, 0) is 13.8 Å². The summed E-state index contributed by atoms with van der Waals surface area (Å²) in [5.41, 5.74) is 0. The number of hydrogen-bond acceptors (Lipinski definition) is 5. The highest BCUT2D eigenvalue weighted by atomic mass is 32.1. The van der Waals surface area contributed by atoms with E-state index in [0.29, 0.717) is 0 Å². The molecule has 0 amide bonds. The van der Waals surface area contributed by atoms with Gasteiger partial charge in [0.15, 0.2) is 0 Å². The predicted octanol–water partition coefficient (Wildman–Crippen LogP) is 0.926. The predicted molar refractivity (Wildman–Crippen MR) is 50.3 cm³/mol. The van der Waals surface area contributed by atoms with Gasteiger partial charge in [-0.25, -0.2) is 9.59 Å². The lowest BCUT2D eigenvalue weighted by Gasteiger charge is -2.00. The van der Waals surface area contributed by atoms with E-state index in [2.05, 4.69) is 22.1 Å². The summed E-state index contributed by atoms with van der Waals surface area (Å²) in [6.45, 7) is 3.86. The third kappa shape index (κ3) is 5.30. The molecule has 74 valence electrons. The molecule has 0 aromatic heterocycles. The Labute approximate surface area is 82.3 Å². The van der Waals surface area contributed by atoms with Crippen LogP contribution in [0.1, 0.15) is 13.8 Å². The minimum atomic E-state index is -0.626. The second-order valence-corrected chi connectivity index (χ2v) is 2.48. The second kappa shape index (κ2) is 6.54. The molecule has 0 radical (unpaired) electrons. The van der Waals surface area contributed by atoms with E-state index in [1.165, 1.54) is 0 Å². The average molecular weight is 204 g/mol. The molecule has 0 rings (SSSR count). The molecule has 0 aliphatic rings. The van der Waals surface area contributed by atoms with Crippen molar-refractivity contribution in [3.63, 3.8) is 0 Å². The molecular formula is C8H12O4S.